The molecule has 2 N–H and O–H groups in total. The Labute approximate surface area is 175 Å². The lowest BCUT2D eigenvalue weighted by Gasteiger charge is -2.37. The van der Waals surface area contributed by atoms with Crippen molar-refractivity contribution in [3.63, 3.8) is 0 Å². The van der Waals surface area contributed by atoms with Crippen LogP contribution in [0.5, 0.6) is 0 Å². The second kappa shape index (κ2) is 7.43. The Kier molecular flexibility index (Phi) is 4.74. The number of aliphatic hydroxyl groups is 1. The summed E-state index contributed by atoms with van der Waals surface area (Å²) in [6, 6.07) is 16.3. The van der Waals surface area contributed by atoms with Gasteiger partial charge in [-0.2, -0.15) is 0 Å². The molecule has 1 heterocycles. The molecule has 0 spiro atoms. The standard InChI is InChI=1S/C24H25NO5/c26-15-9-14(10-15)20-11-25(12-21(20)23(27)28)24(29)30-13-22-18-7-3-1-5-16(18)17-6-2-4-8-19(17)22/h1-8,14-15,20-22,26H,9-13H2,(H,27,28)/t14?,15?,20-,21+/m0/s1. The molecule has 0 bridgehead atoms. The zero-order valence-corrected chi connectivity index (χ0v) is 16.6. The average Bonchev–Trinajstić information content (AvgIpc) is 3.30. The lowest BCUT2D eigenvalue weighted by molar-refractivity contribution is -0.144. The minimum absolute atomic E-state index is 0.0169. The lowest BCUT2D eigenvalue weighted by Crippen LogP contribution is -2.39. The molecule has 3 aliphatic rings. The molecule has 0 unspecified atom stereocenters. The first-order valence-electron chi connectivity index (χ1n) is 10.5. The highest BCUT2D eigenvalue weighted by molar-refractivity contribution is 5.79. The van der Waals surface area contributed by atoms with Gasteiger partial charge >= 0.3 is 12.1 Å². The van der Waals surface area contributed by atoms with E-state index in [4.69, 9.17) is 4.74 Å². The summed E-state index contributed by atoms with van der Waals surface area (Å²) in [6.45, 7) is 0.780. The van der Waals surface area contributed by atoms with Crippen molar-refractivity contribution in [1.29, 1.82) is 0 Å². The highest BCUT2D eigenvalue weighted by Crippen LogP contribution is 2.45. The molecule has 6 heteroatoms. The molecule has 2 fully saturated rings. The number of carbonyl (C=O) groups is 2. The van der Waals surface area contributed by atoms with Crippen molar-refractivity contribution in [1.82, 2.24) is 4.90 Å². The van der Waals surface area contributed by atoms with E-state index in [1.54, 1.807) is 0 Å². The molecule has 2 aliphatic carbocycles. The number of rotatable bonds is 4. The number of ether oxygens (including phenoxy) is 1. The van der Waals surface area contributed by atoms with Crippen molar-refractivity contribution >= 4 is 12.1 Å². The van der Waals surface area contributed by atoms with E-state index in [9.17, 15) is 19.8 Å². The lowest BCUT2D eigenvalue weighted by atomic mass is 9.70. The Morgan fingerprint density at radius 2 is 1.57 bits per heavy atom. The Balaban J connectivity index is 1.28. The summed E-state index contributed by atoms with van der Waals surface area (Å²) >= 11 is 0. The number of carboxylic acids is 1. The Morgan fingerprint density at radius 3 is 2.13 bits per heavy atom. The van der Waals surface area contributed by atoms with Gasteiger partial charge in [0.15, 0.2) is 0 Å². The maximum Gasteiger partial charge on any atom is 0.409 e. The number of benzene rings is 2. The average molecular weight is 407 g/mol. The van der Waals surface area contributed by atoms with Crippen LogP contribution in [0.3, 0.4) is 0 Å². The van der Waals surface area contributed by atoms with Crippen molar-refractivity contribution in [2.45, 2.75) is 24.9 Å². The van der Waals surface area contributed by atoms with Gasteiger partial charge < -0.3 is 19.8 Å². The first-order chi connectivity index (χ1) is 14.5. The van der Waals surface area contributed by atoms with Crippen molar-refractivity contribution < 1.29 is 24.5 Å². The first kappa shape index (κ1) is 19.1. The molecule has 0 radical (unpaired) electrons. The number of aliphatic hydroxyl groups excluding tert-OH is 1. The number of aliphatic carboxylic acids is 1. The summed E-state index contributed by atoms with van der Waals surface area (Å²) in [4.78, 5) is 26.0. The van der Waals surface area contributed by atoms with Crippen molar-refractivity contribution in [2.24, 2.45) is 17.8 Å². The summed E-state index contributed by atoms with van der Waals surface area (Å²) in [7, 11) is 0. The Morgan fingerprint density at radius 1 is 0.967 bits per heavy atom. The Bertz CT molecular complexity index is 938. The molecule has 2 atom stereocenters. The maximum absolute atomic E-state index is 12.8. The highest BCUT2D eigenvalue weighted by atomic mass is 16.6. The first-order valence-corrected chi connectivity index (χ1v) is 10.5. The van der Waals surface area contributed by atoms with Gasteiger partial charge in [0.1, 0.15) is 6.61 Å². The molecule has 1 saturated heterocycles. The molecule has 1 saturated carbocycles. The largest absolute Gasteiger partial charge is 0.481 e. The minimum Gasteiger partial charge on any atom is -0.481 e. The molecule has 5 rings (SSSR count). The van der Waals surface area contributed by atoms with Gasteiger partial charge in [-0.15, -0.1) is 0 Å². The van der Waals surface area contributed by atoms with E-state index in [1.807, 2.05) is 24.3 Å². The van der Waals surface area contributed by atoms with Crippen LogP contribution in [0.4, 0.5) is 4.79 Å². The minimum atomic E-state index is -0.879. The van der Waals surface area contributed by atoms with Crippen LogP contribution in [-0.4, -0.2) is 53.0 Å². The monoisotopic (exact) mass is 407 g/mol. The molecular formula is C24H25NO5. The molecule has 1 amide bonds. The number of hydrogen-bond donors (Lipinski definition) is 2. The van der Waals surface area contributed by atoms with Gasteiger partial charge in [0.2, 0.25) is 0 Å². The van der Waals surface area contributed by atoms with Gasteiger partial charge in [0.05, 0.1) is 12.0 Å². The smallest absolute Gasteiger partial charge is 0.409 e. The second-order valence-corrected chi connectivity index (χ2v) is 8.70. The van der Waals surface area contributed by atoms with E-state index in [0.29, 0.717) is 19.4 Å². The third kappa shape index (κ3) is 3.16. The van der Waals surface area contributed by atoms with Crippen molar-refractivity contribution in [3.8, 4) is 11.1 Å². The molecular weight excluding hydrogens is 382 g/mol. The molecule has 156 valence electrons. The van der Waals surface area contributed by atoms with Crippen LogP contribution >= 0.6 is 0 Å². The third-order valence-electron chi connectivity index (χ3n) is 7.03. The molecule has 30 heavy (non-hydrogen) atoms. The summed E-state index contributed by atoms with van der Waals surface area (Å²) < 4.78 is 5.70. The van der Waals surface area contributed by atoms with Gasteiger partial charge in [-0.05, 0) is 46.9 Å². The second-order valence-electron chi connectivity index (χ2n) is 8.70. The van der Waals surface area contributed by atoms with Crippen LogP contribution in [0.25, 0.3) is 11.1 Å². The number of carboxylic acid groups (broad SMARTS) is 1. The normalized spacial score (nSPS) is 27.3. The highest BCUT2D eigenvalue weighted by Gasteiger charge is 2.47. The molecule has 1 aliphatic heterocycles. The third-order valence-corrected chi connectivity index (χ3v) is 7.03. The fraction of sp³-hybridized carbons (Fsp3) is 0.417. The number of amides is 1. The van der Waals surface area contributed by atoms with E-state index in [1.165, 1.54) is 16.0 Å². The number of nitrogens with zero attached hydrogens (tertiary/aromatic N) is 1. The number of hydrogen-bond acceptors (Lipinski definition) is 4. The Hall–Kier alpha value is -2.86. The van der Waals surface area contributed by atoms with E-state index in [2.05, 4.69) is 24.3 Å². The number of fused-ring (bicyclic) bond motifs is 3. The molecule has 6 nitrogen and oxygen atoms in total. The van der Waals surface area contributed by atoms with E-state index in [0.717, 1.165) is 11.1 Å². The van der Waals surface area contributed by atoms with E-state index in [-0.39, 0.29) is 37.0 Å². The SMILES string of the molecule is O=C(O)[C@@H]1CN(C(=O)OCC2c3ccccc3-c3ccccc32)C[C@H]1C1CC(O)C1. The molecule has 2 aromatic carbocycles. The predicted octanol–water partition coefficient (Wildman–Crippen LogP) is 3.34. The summed E-state index contributed by atoms with van der Waals surface area (Å²) in [5.41, 5.74) is 4.64. The van der Waals surface area contributed by atoms with E-state index >= 15 is 0 Å². The quantitative estimate of drug-likeness (QED) is 0.812. The molecule has 0 aromatic heterocycles. The fourth-order valence-corrected chi connectivity index (χ4v) is 5.38. The van der Waals surface area contributed by atoms with Crippen LogP contribution in [0, 0.1) is 17.8 Å². The van der Waals surface area contributed by atoms with Crippen LogP contribution < -0.4 is 0 Å². The van der Waals surface area contributed by atoms with Crippen LogP contribution in [-0.2, 0) is 9.53 Å². The zero-order valence-electron chi connectivity index (χ0n) is 16.6. The van der Waals surface area contributed by atoms with Gasteiger partial charge in [0.25, 0.3) is 0 Å². The zero-order chi connectivity index (χ0) is 20.8. The predicted molar refractivity (Wildman–Crippen MR) is 110 cm³/mol. The molecule has 2 aromatic rings. The van der Waals surface area contributed by atoms with Crippen LogP contribution in [0.1, 0.15) is 29.9 Å². The van der Waals surface area contributed by atoms with Gasteiger partial charge in [-0.3, -0.25) is 4.79 Å². The summed E-state index contributed by atoms with van der Waals surface area (Å²) in [5.74, 6) is -1.45. The number of likely N-dealkylation sites (tertiary alicyclic amines) is 1. The van der Waals surface area contributed by atoms with Gasteiger partial charge in [-0.1, -0.05) is 48.5 Å². The van der Waals surface area contributed by atoms with E-state index < -0.39 is 18.0 Å². The topological polar surface area (TPSA) is 87.1 Å². The maximum atomic E-state index is 12.8. The van der Waals surface area contributed by atoms with Crippen molar-refractivity contribution in [3.05, 3.63) is 59.7 Å². The summed E-state index contributed by atoms with van der Waals surface area (Å²) in [6.07, 6.45) is 0.443. The fourth-order valence-electron chi connectivity index (χ4n) is 5.38. The van der Waals surface area contributed by atoms with Crippen LogP contribution in [0.2, 0.25) is 0 Å². The number of carbonyl (C=O) groups excluding carboxylic acids is 1. The van der Waals surface area contributed by atoms with Crippen molar-refractivity contribution in [2.75, 3.05) is 19.7 Å². The van der Waals surface area contributed by atoms with Crippen LogP contribution in [0.15, 0.2) is 48.5 Å². The van der Waals surface area contributed by atoms with Gasteiger partial charge in [0, 0.05) is 19.0 Å². The van der Waals surface area contributed by atoms with Gasteiger partial charge in [-0.25, -0.2) is 4.79 Å². The summed E-state index contributed by atoms with van der Waals surface area (Å²) in [5, 5.41) is 19.2.